The first-order chi connectivity index (χ1) is 10.6. The Morgan fingerprint density at radius 2 is 2.13 bits per heavy atom. The number of ether oxygens (including phenoxy) is 1. The molecule has 23 heavy (non-hydrogen) atoms. The predicted molar refractivity (Wildman–Crippen MR) is 80.7 cm³/mol. The second-order valence-electron chi connectivity index (χ2n) is 5.93. The van der Waals surface area contributed by atoms with Crippen molar-refractivity contribution in [1.82, 2.24) is 10.3 Å². The molecule has 0 aliphatic rings. The fourth-order valence-electron chi connectivity index (χ4n) is 1.70. The van der Waals surface area contributed by atoms with Crippen molar-refractivity contribution in [3.05, 3.63) is 34.1 Å². The molecule has 0 bridgehead atoms. The highest BCUT2D eigenvalue weighted by atomic mass is 16.6. The Kier molecular flexibility index (Phi) is 6.40. The van der Waals surface area contributed by atoms with Crippen LogP contribution in [-0.4, -0.2) is 44.5 Å². The minimum Gasteiger partial charge on any atom is -0.444 e. The van der Waals surface area contributed by atoms with Crippen molar-refractivity contribution in [2.45, 2.75) is 45.0 Å². The highest BCUT2D eigenvalue weighted by Crippen LogP contribution is 2.20. The second kappa shape index (κ2) is 7.84. The van der Waals surface area contributed by atoms with Crippen molar-refractivity contribution >= 4 is 11.8 Å². The Balaban J connectivity index is 2.51. The van der Waals surface area contributed by atoms with Gasteiger partial charge in [0.05, 0.1) is 16.7 Å². The average Bonchev–Trinajstić information content (AvgIpc) is 2.44. The van der Waals surface area contributed by atoms with E-state index >= 15 is 0 Å². The SMILES string of the molecule is CC(C)(C)OC(=O)NCCC(O)C(O)c1cc([N+](=O)[O-])ccn1. The Morgan fingerprint density at radius 3 is 2.70 bits per heavy atom. The second-order valence-corrected chi connectivity index (χ2v) is 5.93. The van der Waals surface area contributed by atoms with Gasteiger partial charge in [-0.3, -0.25) is 15.1 Å². The zero-order valence-corrected chi connectivity index (χ0v) is 13.2. The Hall–Kier alpha value is -2.26. The lowest BCUT2D eigenvalue weighted by atomic mass is 10.1. The van der Waals surface area contributed by atoms with E-state index in [1.165, 1.54) is 12.3 Å². The first-order valence-electron chi connectivity index (χ1n) is 7.03. The molecule has 0 radical (unpaired) electrons. The van der Waals surface area contributed by atoms with Gasteiger partial charge in [0, 0.05) is 24.9 Å². The number of hydrogen-bond donors (Lipinski definition) is 3. The molecule has 9 heteroatoms. The van der Waals surface area contributed by atoms with Crippen LogP contribution in [0.15, 0.2) is 18.3 Å². The average molecular weight is 327 g/mol. The molecule has 2 unspecified atom stereocenters. The van der Waals surface area contributed by atoms with Crippen LogP contribution in [0.3, 0.4) is 0 Å². The van der Waals surface area contributed by atoms with Gasteiger partial charge >= 0.3 is 6.09 Å². The van der Waals surface area contributed by atoms with Gasteiger partial charge in [0.25, 0.3) is 5.69 Å². The van der Waals surface area contributed by atoms with Gasteiger partial charge in [0.15, 0.2) is 0 Å². The largest absolute Gasteiger partial charge is 0.444 e. The maximum atomic E-state index is 11.4. The van der Waals surface area contributed by atoms with E-state index in [2.05, 4.69) is 10.3 Å². The van der Waals surface area contributed by atoms with E-state index in [0.29, 0.717) is 0 Å². The summed E-state index contributed by atoms with van der Waals surface area (Å²) in [5, 5.41) is 33.0. The molecule has 0 saturated heterocycles. The van der Waals surface area contributed by atoms with Crippen molar-refractivity contribution in [3.63, 3.8) is 0 Å². The third-order valence-electron chi connectivity index (χ3n) is 2.75. The summed E-state index contributed by atoms with van der Waals surface area (Å²) in [5.41, 5.74) is -0.869. The Labute approximate surface area is 133 Å². The summed E-state index contributed by atoms with van der Waals surface area (Å²) in [5.74, 6) is 0. The van der Waals surface area contributed by atoms with Crippen LogP contribution in [0.4, 0.5) is 10.5 Å². The molecule has 128 valence electrons. The predicted octanol–water partition coefficient (Wildman–Crippen LogP) is 1.30. The molecular weight excluding hydrogens is 306 g/mol. The normalized spacial score (nSPS) is 14.0. The molecule has 0 saturated carbocycles. The van der Waals surface area contributed by atoms with Gasteiger partial charge in [-0.15, -0.1) is 0 Å². The first kappa shape index (κ1) is 18.8. The molecule has 1 aromatic heterocycles. The minimum absolute atomic E-state index is 0.0102. The lowest BCUT2D eigenvalue weighted by Crippen LogP contribution is -2.34. The number of amides is 1. The van der Waals surface area contributed by atoms with Gasteiger partial charge in [-0.2, -0.15) is 0 Å². The lowest BCUT2D eigenvalue weighted by molar-refractivity contribution is -0.385. The number of carbonyl (C=O) groups excluding carboxylic acids is 1. The molecule has 0 aliphatic heterocycles. The maximum absolute atomic E-state index is 11.4. The van der Waals surface area contributed by atoms with E-state index in [9.17, 15) is 25.1 Å². The molecule has 1 aromatic rings. The number of nitrogens with zero attached hydrogens (tertiary/aromatic N) is 2. The highest BCUT2D eigenvalue weighted by Gasteiger charge is 2.22. The highest BCUT2D eigenvalue weighted by molar-refractivity contribution is 5.67. The van der Waals surface area contributed by atoms with Crippen LogP contribution in [0.2, 0.25) is 0 Å². The molecule has 0 fully saturated rings. The third kappa shape index (κ3) is 6.57. The summed E-state index contributed by atoms with van der Waals surface area (Å²) >= 11 is 0. The maximum Gasteiger partial charge on any atom is 0.407 e. The summed E-state index contributed by atoms with van der Waals surface area (Å²) in [6.45, 7) is 5.24. The van der Waals surface area contributed by atoms with Crippen LogP contribution in [0, 0.1) is 10.1 Å². The zero-order chi connectivity index (χ0) is 17.6. The van der Waals surface area contributed by atoms with Crippen LogP contribution in [0.25, 0.3) is 0 Å². The summed E-state index contributed by atoms with van der Waals surface area (Å²) in [4.78, 5) is 25.3. The van der Waals surface area contributed by atoms with Crippen LogP contribution >= 0.6 is 0 Å². The van der Waals surface area contributed by atoms with E-state index in [-0.39, 0.29) is 24.3 Å². The number of pyridine rings is 1. The Morgan fingerprint density at radius 1 is 1.48 bits per heavy atom. The molecule has 1 amide bonds. The molecule has 3 N–H and O–H groups in total. The monoisotopic (exact) mass is 327 g/mol. The number of carbonyl (C=O) groups is 1. The number of alkyl carbamates (subject to hydrolysis) is 1. The van der Waals surface area contributed by atoms with Crippen LogP contribution in [0.1, 0.15) is 39.0 Å². The molecule has 0 aliphatic carbocycles. The standard InChI is InChI=1S/C14H21N3O6/c1-14(2,3)23-13(20)16-7-5-11(18)12(19)10-8-9(17(21)22)4-6-15-10/h4,6,8,11-12,18-19H,5,7H2,1-3H3,(H,16,20). The topological polar surface area (TPSA) is 135 Å². The van der Waals surface area contributed by atoms with Crippen molar-refractivity contribution < 1.29 is 24.7 Å². The smallest absolute Gasteiger partial charge is 0.407 e. The van der Waals surface area contributed by atoms with Gasteiger partial charge in [-0.1, -0.05) is 0 Å². The Bertz CT molecular complexity index is 558. The van der Waals surface area contributed by atoms with E-state index in [1.54, 1.807) is 20.8 Å². The van der Waals surface area contributed by atoms with E-state index in [1.807, 2.05) is 0 Å². The number of aliphatic hydroxyl groups is 2. The minimum atomic E-state index is -1.39. The number of nitro groups is 1. The molecule has 9 nitrogen and oxygen atoms in total. The molecule has 2 atom stereocenters. The van der Waals surface area contributed by atoms with Gasteiger partial charge in [-0.05, 0) is 27.2 Å². The summed E-state index contributed by atoms with van der Waals surface area (Å²) in [7, 11) is 0. The summed E-state index contributed by atoms with van der Waals surface area (Å²) in [6, 6.07) is 2.28. The molecule has 0 spiro atoms. The lowest BCUT2D eigenvalue weighted by Gasteiger charge is -2.21. The van der Waals surface area contributed by atoms with Crippen LogP contribution < -0.4 is 5.32 Å². The zero-order valence-electron chi connectivity index (χ0n) is 13.2. The number of aliphatic hydroxyl groups excluding tert-OH is 2. The summed E-state index contributed by atoms with van der Waals surface area (Å²) < 4.78 is 5.03. The third-order valence-corrected chi connectivity index (χ3v) is 2.75. The van der Waals surface area contributed by atoms with E-state index in [0.717, 1.165) is 6.07 Å². The van der Waals surface area contributed by atoms with Crippen molar-refractivity contribution in [3.8, 4) is 0 Å². The fourth-order valence-corrected chi connectivity index (χ4v) is 1.70. The number of aromatic nitrogens is 1. The quantitative estimate of drug-likeness (QED) is 0.529. The fraction of sp³-hybridized carbons (Fsp3) is 0.571. The molecule has 1 rings (SSSR count). The van der Waals surface area contributed by atoms with Gasteiger partial charge in [-0.25, -0.2) is 4.79 Å². The van der Waals surface area contributed by atoms with E-state index < -0.39 is 28.8 Å². The molecule has 1 heterocycles. The number of nitrogens with one attached hydrogen (secondary N) is 1. The van der Waals surface area contributed by atoms with Crippen molar-refractivity contribution in [2.24, 2.45) is 0 Å². The van der Waals surface area contributed by atoms with Crippen molar-refractivity contribution in [1.29, 1.82) is 0 Å². The summed E-state index contributed by atoms with van der Waals surface area (Å²) in [6.07, 6.45) is -2.05. The van der Waals surface area contributed by atoms with Crippen molar-refractivity contribution in [2.75, 3.05) is 6.54 Å². The number of rotatable bonds is 6. The van der Waals surface area contributed by atoms with Gasteiger partial charge in [0.2, 0.25) is 0 Å². The first-order valence-corrected chi connectivity index (χ1v) is 7.03. The van der Waals surface area contributed by atoms with Gasteiger partial charge in [0.1, 0.15) is 11.7 Å². The van der Waals surface area contributed by atoms with Gasteiger partial charge < -0.3 is 20.3 Å². The molecule has 0 aromatic carbocycles. The van der Waals surface area contributed by atoms with E-state index in [4.69, 9.17) is 4.74 Å². The number of hydrogen-bond acceptors (Lipinski definition) is 7. The van der Waals surface area contributed by atoms with Crippen LogP contribution in [-0.2, 0) is 4.74 Å². The molecular formula is C14H21N3O6. The van der Waals surface area contributed by atoms with Crippen LogP contribution in [0.5, 0.6) is 0 Å².